The highest BCUT2D eigenvalue weighted by Gasteiger charge is 2.56. The minimum Gasteiger partial charge on any atom is -0.492 e. The minimum absolute atomic E-state index is 0.0286. The molecule has 0 bridgehead atoms. The van der Waals surface area contributed by atoms with E-state index >= 15 is 4.39 Å². The molecule has 37 heavy (non-hydrogen) atoms. The number of likely N-dealkylation sites (tertiary alicyclic amines) is 1. The maximum Gasteiger partial charge on any atom is 0.255 e. The Hall–Kier alpha value is -3.49. The van der Waals surface area contributed by atoms with Crippen molar-refractivity contribution in [3.8, 4) is 17.0 Å². The third kappa shape index (κ3) is 4.14. The monoisotopic (exact) mass is 505 g/mol. The first-order valence-corrected chi connectivity index (χ1v) is 13.2. The molecule has 2 aromatic heterocycles. The molecule has 1 saturated heterocycles. The molecule has 2 N–H and O–H groups in total. The molecular formula is C28H32FN5O3. The Balaban J connectivity index is 1.35. The quantitative estimate of drug-likeness (QED) is 0.499. The standard InChI is InChI=1S/C28H32FN5O3/c1-4-20(35)34-11-19(28(13-34)9-10-28)33-27(36)21-16(3)32-26-24(21)30-14-31-25(26)22-18(37-12-17-6-7-17)8-5-15(2)23(22)29/h5,8,14,17,19,32H,4,6-7,9-13H2,1-3H3,(H,33,36)/t19-/m1/s1. The molecule has 6 rings (SSSR count). The van der Waals surface area contributed by atoms with E-state index in [9.17, 15) is 9.59 Å². The lowest BCUT2D eigenvalue weighted by Gasteiger charge is -2.18. The van der Waals surface area contributed by atoms with Gasteiger partial charge in [-0.05, 0) is 57.1 Å². The number of amides is 2. The summed E-state index contributed by atoms with van der Waals surface area (Å²) in [5, 5.41) is 3.19. The van der Waals surface area contributed by atoms with Crippen molar-refractivity contribution in [1.29, 1.82) is 0 Å². The van der Waals surface area contributed by atoms with E-state index in [0.29, 0.717) is 71.3 Å². The summed E-state index contributed by atoms with van der Waals surface area (Å²) in [5.74, 6) is 0.429. The average Bonchev–Trinajstić information content (AvgIpc) is 3.79. The summed E-state index contributed by atoms with van der Waals surface area (Å²) in [6.07, 6.45) is 6.08. The number of nitrogens with zero attached hydrogens (tertiary/aromatic N) is 3. The Kier molecular flexibility index (Phi) is 5.69. The number of benzene rings is 1. The van der Waals surface area contributed by atoms with Gasteiger partial charge < -0.3 is 19.9 Å². The van der Waals surface area contributed by atoms with Crippen molar-refractivity contribution in [2.75, 3.05) is 19.7 Å². The molecule has 1 aliphatic heterocycles. The summed E-state index contributed by atoms with van der Waals surface area (Å²) in [4.78, 5) is 39.9. The van der Waals surface area contributed by atoms with Crippen LogP contribution in [0.5, 0.6) is 5.75 Å². The molecule has 1 aromatic carbocycles. The molecule has 1 atom stereocenters. The van der Waals surface area contributed by atoms with Crippen molar-refractivity contribution in [3.05, 3.63) is 41.1 Å². The zero-order valence-electron chi connectivity index (χ0n) is 21.5. The molecular weight excluding hydrogens is 473 g/mol. The molecule has 3 aliphatic rings. The normalized spacial score (nSPS) is 20.0. The second kappa shape index (κ2) is 8.82. The summed E-state index contributed by atoms with van der Waals surface area (Å²) >= 11 is 0. The van der Waals surface area contributed by atoms with Crippen LogP contribution in [0.15, 0.2) is 18.5 Å². The highest BCUT2D eigenvalue weighted by molar-refractivity contribution is 6.09. The van der Waals surface area contributed by atoms with Crippen LogP contribution in [0.1, 0.15) is 60.6 Å². The van der Waals surface area contributed by atoms with E-state index in [-0.39, 0.29) is 28.8 Å². The molecule has 1 spiro atoms. The third-order valence-electron chi connectivity index (χ3n) is 8.20. The summed E-state index contributed by atoms with van der Waals surface area (Å²) in [6, 6.07) is 3.39. The third-order valence-corrected chi connectivity index (χ3v) is 8.20. The van der Waals surface area contributed by atoms with Crippen LogP contribution in [0.25, 0.3) is 22.3 Å². The van der Waals surface area contributed by atoms with Crippen molar-refractivity contribution in [2.45, 2.75) is 58.9 Å². The fraction of sp³-hybridized carbons (Fsp3) is 0.500. The van der Waals surface area contributed by atoms with Gasteiger partial charge in [0.2, 0.25) is 5.91 Å². The zero-order chi connectivity index (χ0) is 25.9. The minimum atomic E-state index is -0.395. The number of aromatic nitrogens is 3. The van der Waals surface area contributed by atoms with Gasteiger partial charge in [0.05, 0.1) is 29.3 Å². The highest BCUT2D eigenvalue weighted by Crippen LogP contribution is 2.53. The van der Waals surface area contributed by atoms with Gasteiger partial charge in [-0.1, -0.05) is 13.0 Å². The Morgan fingerprint density at radius 2 is 2.03 bits per heavy atom. The first-order valence-electron chi connectivity index (χ1n) is 13.2. The average molecular weight is 506 g/mol. The molecule has 8 nitrogen and oxygen atoms in total. The van der Waals surface area contributed by atoms with E-state index in [2.05, 4.69) is 20.3 Å². The fourth-order valence-electron chi connectivity index (χ4n) is 5.56. The van der Waals surface area contributed by atoms with Crippen molar-refractivity contribution in [1.82, 2.24) is 25.2 Å². The maximum atomic E-state index is 15.5. The number of fused-ring (bicyclic) bond motifs is 1. The van der Waals surface area contributed by atoms with Crippen molar-refractivity contribution < 1.29 is 18.7 Å². The lowest BCUT2D eigenvalue weighted by Crippen LogP contribution is -2.42. The molecule has 3 aromatic rings. The van der Waals surface area contributed by atoms with Crippen LogP contribution in [-0.4, -0.2) is 57.4 Å². The molecule has 9 heteroatoms. The number of H-pyrrole nitrogens is 1. The van der Waals surface area contributed by atoms with Crippen LogP contribution < -0.4 is 10.1 Å². The number of nitrogens with one attached hydrogen (secondary N) is 2. The molecule has 0 radical (unpaired) electrons. The Bertz CT molecular complexity index is 1410. The first-order chi connectivity index (χ1) is 17.8. The van der Waals surface area contributed by atoms with E-state index in [4.69, 9.17) is 4.74 Å². The number of carbonyl (C=O) groups excluding carboxylic acids is 2. The molecule has 2 amide bonds. The number of ether oxygens (including phenoxy) is 1. The van der Waals surface area contributed by atoms with Crippen LogP contribution in [0, 0.1) is 31.0 Å². The smallest absolute Gasteiger partial charge is 0.255 e. The van der Waals surface area contributed by atoms with Gasteiger partial charge in [-0.2, -0.15) is 0 Å². The summed E-state index contributed by atoms with van der Waals surface area (Å²) < 4.78 is 21.5. The predicted molar refractivity (Wildman–Crippen MR) is 137 cm³/mol. The van der Waals surface area contributed by atoms with Crippen LogP contribution >= 0.6 is 0 Å². The summed E-state index contributed by atoms with van der Waals surface area (Å²) in [6.45, 7) is 7.15. The maximum absolute atomic E-state index is 15.5. The lowest BCUT2D eigenvalue weighted by molar-refractivity contribution is -0.130. The van der Waals surface area contributed by atoms with Gasteiger partial charge >= 0.3 is 0 Å². The second-order valence-corrected chi connectivity index (χ2v) is 10.9. The fourth-order valence-corrected chi connectivity index (χ4v) is 5.56. The summed E-state index contributed by atoms with van der Waals surface area (Å²) in [5.41, 5.74) is 3.11. The van der Waals surface area contributed by atoms with Crippen LogP contribution in [0.2, 0.25) is 0 Å². The number of aromatic amines is 1. The van der Waals surface area contributed by atoms with Crippen LogP contribution in [0.4, 0.5) is 4.39 Å². The van der Waals surface area contributed by atoms with Gasteiger partial charge in [0.1, 0.15) is 29.1 Å². The number of carbonyl (C=O) groups is 2. The predicted octanol–water partition coefficient (Wildman–Crippen LogP) is 4.30. The van der Waals surface area contributed by atoms with Gasteiger partial charge in [0.25, 0.3) is 5.91 Å². The molecule has 3 heterocycles. The SMILES string of the molecule is CCC(=O)N1C[C@@H](NC(=O)c2c(C)[nH]c3c(-c4c(OCC5CC5)ccc(C)c4F)ncnc23)C2(CC2)C1. The Morgan fingerprint density at radius 3 is 2.73 bits per heavy atom. The van der Waals surface area contributed by atoms with E-state index in [1.807, 2.05) is 18.7 Å². The number of hydrogen-bond acceptors (Lipinski definition) is 5. The summed E-state index contributed by atoms with van der Waals surface area (Å²) in [7, 11) is 0. The lowest BCUT2D eigenvalue weighted by atomic mass is 10.00. The van der Waals surface area contributed by atoms with Gasteiger partial charge in [0.15, 0.2) is 0 Å². The topological polar surface area (TPSA) is 100 Å². The van der Waals surface area contributed by atoms with Crippen molar-refractivity contribution in [3.63, 3.8) is 0 Å². The zero-order valence-corrected chi connectivity index (χ0v) is 21.5. The van der Waals surface area contributed by atoms with E-state index in [1.54, 1.807) is 19.1 Å². The molecule has 0 unspecified atom stereocenters. The van der Waals surface area contributed by atoms with Crippen molar-refractivity contribution >= 4 is 22.8 Å². The number of rotatable bonds is 7. The molecule has 194 valence electrons. The molecule has 3 fully saturated rings. The van der Waals surface area contributed by atoms with E-state index < -0.39 is 5.82 Å². The van der Waals surface area contributed by atoms with Crippen LogP contribution in [-0.2, 0) is 4.79 Å². The molecule has 2 saturated carbocycles. The van der Waals surface area contributed by atoms with Crippen molar-refractivity contribution in [2.24, 2.45) is 11.3 Å². The largest absolute Gasteiger partial charge is 0.492 e. The Morgan fingerprint density at radius 1 is 1.24 bits per heavy atom. The van der Waals surface area contributed by atoms with Gasteiger partial charge in [0, 0.05) is 30.6 Å². The highest BCUT2D eigenvalue weighted by atomic mass is 19.1. The van der Waals surface area contributed by atoms with Crippen LogP contribution in [0.3, 0.4) is 0 Å². The van der Waals surface area contributed by atoms with Gasteiger partial charge in [-0.25, -0.2) is 14.4 Å². The Labute approximate surface area is 215 Å². The van der Waals surface area contributed by atoms with Gasteiger partial charge in [-0.3, -0.25) is 9.59 Å². The number of aryl methyl sites for hydroxylation is 2. The van der Waals surface area contributed by atoms with E-state index in [1.165, 1.54) is 6.33 Å². The number of halogens is 1. The van der Waals surface area contributed by atoms with Gasteiger partial charge in [-0.15, -0.1) is 0 Å². The number of hydrogen-bond donors (Lipinski definition) is 2. The van der Waals surface area contributed by atoms with E-state index in [0.717, 1.165) is 25.7 Å². The second-order valence-electron chi connectivity index (χ2n) is 10.9. The first kappa shape index (κ1) is 23.9. The molecule has 2 aliphatic carbocycles.